The summed E-state index contributed by atoms with van der Waals surface area (Å²) in [4.78, 5) is 15.3. The van der Waals surface area contributed by atoms with Crippen LogP contribution in [0.4, 0.5) is 4.79 Å². The zero-order valence-corrected chi connectivity index (χ0v) is 18.4. The second kappa shape index (κ2) is 7.76. The molecule has 1 aromatic rings. The predicted molar refractivity (Wildman–Crippen MR) is 108 cm³/mol. The molecule has 1 amide bonds. The lowest BCUT2D eigenvalue weighted by atomic mass is 9.97. The number of rotatable bonds is 2. The van der Waals surface area contributed by atoms with Gasteiger partial charge in [-0.2, -0.15) is 0 Å². The number of hydrogen-bond donors (Lipinski definition) is 0. The highest BCUT2D eigenvalue weighted by molar-refractivity contribution is 7.85. The van der Waals surface area contributed by atoms with Crippen molar-refractivity contribution < 1.29 is 23.2 Å². The molecule has 1 aromatic carbocycles. The molecule has 2 heterocycles. The summed E-state index contributed by atoms with van der Waals surface area (Å²) in [5.41, 5.74) is 0.514. The number of fused-ring (bicyclic) bond motifs is 1. The molecule has 7 heteroatoms. The first kappa shape index (κ1) is 21.3. The van der Waals surface area contributed by atoms with Gasteiger partial charge >= 0.3 is 6.09 Å². The molecule has 0 bridgehead atoms. The van der Waals surface area contributed by atoms with Gasteiger partial charge in [-0.25, -0.2) is 4.79 Å². The van der Waals surface area contributed by atoms with Crippen LogP contribution in [0.25, 0.3) is 0 Å². The average Bonchev–Trinajstić information content (AvgIpc) is 2.58. The Balaban J connectivity index is 1.85. The molecule has 2 fully saturated rings. The minimum Gasteiger partial charge on any atom is -0.444 e. The summed E-state index contributed by atoms with van der Waals surface area (Å²) >= 11 is 0. The van der Waals surface area contributed by atoms with Crippen LogP contribution in [0.15, 0.2) is 29.2 Å². The number of carbonyl (C=O) groups is 1. The van der Waals surface area contributed by atoms with Gasteiger partial charge in [0.2, 0.25) is 0 Å². The first-order valence-corrected chi connectivity index (χ1v) is 11.0. The van der Waals surface area contributed by atoms with Gasteiger partial charge in [0.05, 0.1) is 34.8 Å². The summed E-state index contributed by atoms with van der Waals surface area (Å²) < 4.78 is 30.8. The zero-order valence-electron chi connectivity index (χ0n) is 17.6. The van der Waals surface area contributed by atoms with E-state index in [-0.39, 0.29) is 17.4 Å². The fraction of sp³-hybridized carbons (Fsp3) is 0.667. The lowest BCUT2D eigenvalue weighted by Crippen LogP contribution is -2.64. The van der Waals surface area contributed by atoms with Gasteiger partial charge in [0, 0.05) is 11.4 Å². The maximum Gasteiger partial charge on any atom is 0.410 e. The second-order valence-electron chi connectivity index (χ2n) is 9.04. The van der Waals surface area contributed by atoms with Crippen molar-refractivity contribution in [2.24, 2.45) is 0 Å². The van der Waals surface area contributed by atoms with Gasteiger partial charge < -0.3 is 14.2 Å². The Morgan fingerprint density at radius 2 is 1.89 bits per heavy atom. The zero-order chi connectivity index (χ0) is 20.7. The molecule has 0 radical (unpaired) electrons. The molecule has 2 aliphatic rings. The average molecular weight is 410 g/mol. The molecular weight excluding hydrogens is 378 g/mol. The van der Waals surface area contributed by atoms with E-state index in [1.165, 1.54) is 0 Å². The van der Waals surface area contributed by atoms with Crippen LogP contribution in [0.3, 0.4) is 0 Å². The van der Waals surface area contributed by atoms with Crippen LogP contribution in [-0.4, -0.2) is 57.1 Å². The van der Waals surface area contributed by atoms with E-state index < -0.39 is 28.3 Å². The van der Waals surface area contributed by atoms with E-state index in [1.54, 1.807) is 4.90 Å². The minimum atomic E-state index is -1.25. The summed E-state index contributed by atoms with van der Waals surface area (Å²) in [6.07, 6.45) is -0.0542. The molecule has 0 aromatic heterocycles. The van der Waals surface area contributed by atoms with Crippen molar-refractivity contribution >= 4 is 16.9 Å². The number of ether oxygens (including phenoxy) is 3. The first-order valence-electron chi connectivity index (χ1n) is 9.74. The molecule has 4 atom stereocenters. The third kappa shape index (κ3) is 4.93. The summed E-state index contributed by atoms with van der Waals surface area (Å²) in [6, 6.07) is 7.46. The number of likely N-dealkylation sites (tertiary alicyclic amines) is 1. The molecule has 0 aliphatic carbocycles. The number of aryl methyl sites for hydroxylation is 1. The Bertz CT molecular complexity index is 740. The molecule has 3 rings (SSSR count). The Kier molecular flexibility index (Phi) is 5.90. The fourth-order valence-corrected chi connectivity index (χ4v) is 5.05. The van der Waals surface area contributed by atoms with Crippen LogP contribution in [-0.2, 0) is 25.0 Å². The number of piperidine rings is 1. The summed E-state index contributed by atoms with van der Waals surface area (Å²) in [5, 5.41) is -0.231. The largest absolute Gasteiger partial charge is 0.444 e. The van der Waals surface area contributed by atoms with Crippen LogP contribution in [0, 0.1) is 6.92 Å². The van der Waals surface area contributed by atoms with E-state index in [0.29, 0.717) is 19.6 Å². The highest BCUT2D eigenvalue weighted by Gasteiger charge is 2.48. The lowest BCUT2D eigenvalue weighted by molar-refractivity contribution is -0.297. The standard InChI is InChI=1S/C21H31NO5S/c1-14-7-9-15(10-8-14)28(24)16-11-18-17(13-25-21(5,6)26-18)22(12-16)19(23)27-20(2,3)4/h7-10,16-18H,11-13H2,1-6H3/t16-,17+,18-,28+/m1/s1. The number of benzene rings is 1. The van der Waals surface area contributed by atoms with Gasteiger partial charge in [-0.05, 0) is 60.1 Å². The molecular formula is C21H31NO5S. The van der Waals surface area contributed by atoms with Crippen molar-refractivity contribution in [3.05, 3.63) is 29.8 Å². The first-order chi connectivity index (χ1) is 13.0. The van der Waals surface area contributed by atoms with Crippen molar-refractivity contribution in [3.63, 3.8) is 0 Å². The monoisotopic (exact) mass is 409 g/mol. The molecule has 0 saturated carbocycles. The normalized spacial score (nSPS) is 28.4. The topological polar surface area (TPSA) is 65.1 Å². The van der Waals surface area contributed by atoms with Crippen molar-refractivity contribution in [1.82, 2.24) is 4.90 Å². The summed E-state index contributed by atoms with van der Waals surface area (Å²) in [6.45, 7) is 12.0. The van der Waals surface area contributed by atoms with Crippen LogP contribution in [0.2, 0.25) is 0 Å². The predicted octanol–water partition coefficient (Wildman–Crippen LogP) is 3.63. The van der Waals surface area contributed by atoms with Crippen LogP contribution >= 0.6 is 0 Å². The van der Waals surface area contributed by atoms with Crippen molar-refractivity contribution in [1.29, 1.82) is 0 Å². The van der Waals surface area contributed by atoms with Crippen molar-refractivity contribution in [3.8, 4) is 0 Å². The van der Waals surface area contributed by atoms with E-state index >= 15 is 0 Å². The molecule has 28 heavy (non-hydrogen) atoms. The SMILES string of the molecule is Cc1ccc([S@](=O)[C@@H]2C[C@H]3OC(C)(C)OC[C@@H]3N(C(=O)OC(C)(C)C)C2)cc1. The fourth-order valence-electron chi connectivity index (χ4n) is 3.61. The van der Waals surface area contributed by atoms with E-state index in [2.05, 4.69) is 0 Å². The van der Waals surface area contributed by atoms with E-state index in [9.17, 15) is 9.00 Å². The lowest BCUT2D eigenvalue weighted by Gasteiger charge is -2.49. The maximum atomic E-state index is 13.2. The van der Waals surface area contributed by atoms with Gasteiger partial charge in [0.1, 0.15) is 5.60 Å². The van der Waals surface area contributed by atoms with Gasteiger partial charge in [-0.3, -0.25) is 9.11 Å². The molecule has 2 saturated heterocycles. The molecule has 156 valence electrons. The molecule has 0 N–H and O–H groups in total. The van der Waals surface area contributed by atoms with Crippen LogP contribution in [0.5, 0.6) is 0 Å². The summed E-state index contributed by atoms with van der Waals surface area (Å²) in [5.74, 6) is -0.728. The quantitative estimate of drug-likeness (QED) is 0.746. The third-order valence-corrected chi connectivity index (χ3v) is 6.63. The van der Waals surface area contributed by atoms with E-state index in [4.69, 9.17) is 14.2 Å². The molecule has 2 aliphatic heterocycles. The second-order valence-corrected chi connectivity index (χ2v) is 10.8. The highest BCUT2D eigenvalue weighted by atomic mass is 32.2. The Morgan fingerprint density at radius 3 is 2.50 bits per heavy atom. The molecule has 6 nitrogen and oxygen atoms in total. The van der Waals surface area contributed by atoms with Gasteiger partial charge in [0.25, 0.3) is 0 Å². The van der Waals surface area contributed by atoms with Gasteiger partial charge in [0.15, 0.2) is 5.79 Å². The highest BCUT2D eigenvalue weighted by Crippen LogP contribution is 2.34. The van der Waals surface area contributed by atoms with Gasteiger partial charge in [-0.1, -0.05) is 17.7 Å². The number of amides is 1. The molecule has 0 spiro atoms. The minimum absolute atomic E-state index is 0.231. The van der Waals surface area contributed by atoms with Crippen molar-refractivity contribution in [2.75, 3.05) is 13.2 Å². The van der Waals surface area contributed by atoms with Gasteiger partial charge in [-0.15, -0.1) is 0 Å². The van der Waals surface area contributed by atoms with Crippen molar-refractivity contribution in [2.45, 2.75) is 81.6 Å². The number of nitrogens with zero attached hydrogens (tertiary/aromatic N) is 1. The van der Waals surface area contributed by atoms with E-state index in [1.807, 2.05) is 65.8 Å². The Hall–Kier alpha value is -1.44. The third-order valence-electron chi connectivity index (χ3n) is 4.95. The smallest absolute Gasteiger partial charge is 0.410 e. The van der Waals surface area contributed by atoms with E-state index in [0.717, 1.165) is 10.5 Å². The Morgan fingerprint density at radius 1 is 1.25 bits per heavy atom. The number of carbonyl (C=O) groups excluding carboxylic acids is 1. The van der Waals surface area contributed by atoms with Crippen LogP contribution < -0.4 is 0 Å². The molecule has 0 unspecified atom stereocenters. The maximum absolute atomic E-state index is 13.2. The Labute approximate surface area is 170 Å². The summed E-state index contributed by atoms with van der Waals surface area (Å²) in [7, 11) is -1.25. The number of hydrogen-bond acceptors (Lipinski definition) is 5. The van der Waals surface area contributed by atoms with Crippen LogP contribution in [0.1, 0.15) is 46.6 Å².